The third-order valence-electron chi connectivity index (χ3n) is 2.89. The van der Waals surface area contributed by atoms with Crippen molar-refractivity contribution in [2.45, 2.75) is 0 Å². The molecule has 1 aliphatic heterocycles. The molecule has 0 unspecified atom stereocenters. The van der Waals surface area contributed by atoms with Crippen molar-refractivity contribution in [1.82, 2.24) is 14.8 Å². The summed E-state index contributed by atoms with van der Waals surface area (Å²) >= 11 is 5.64. The van der Waals surface area contributed by atoms with Crippen LogP contribution in [0.25, 0.3) is 0 Å². The van der Waals surface area contributed by atoms with E-state index in [1.54, 1.807) is 4.90 Å². The fourth-order valence-corrected chi connectivity index (χ4v) is 1.95. The number of pyridine rings is 1. The normalized spacial score (nSPS) is 17.2. The smallest absolute Gasteiger partial charge is 0.261 e. The molecule has 1 N–H and O–H groups in total. The molecular weight excluding hydrogens is 242 g/mol. The summed E-state index contributed by atoms with van der Waals surface area (Å²) in [5.41, 5.74) is -0.277. The first-order chi connectivity index (χ1) is 8.08. The summed E-state index contributed by atoms with van der Waals surface area (Å²) in [5.74, 6) is -0.226. The monoisotopic (exact) mass is 255 g/mol. The van der Waals surface area contributed by atoms with E-state index in [9.17, 15) is 9.59 Å². The minimum Gasteiger partial charge on any atom is -0.336 e. The Labute approximate surface area is 104 Å². The number of hydrogen-bond donors (Lipinski definition) is 1. The lowest BCUT2D eigenvalue weighted by atomic mass is 10.2. The third-order valence-corrected chi connectivity index (χ3v) is 3.12. The number of amides is 1. The van der Waals surface area contributed by atoms with Crippen LogP contribution in [0.1, 0.15) is 10.4 Å². The number of carbonyl (C=O) groups excluding carboxylic acids is 1. The Morgan fingerprint density at radius 1 is 1.29 bits per heavy atom. The molecule has 0 aliphatic carbocycles. The molecule has 2 heterocycles. The molecule has 17 heavy (non-hydrogen) atoms. The van der Waals surface area contributed by atoms with Crippen molar-refractivity contribution in [2.75, 3.05) is 33.2 Å². The zero-order valence-corrected chi connectivity index (χ0v) is 10.3. The van der Waals surface area contributed by atoms with E-state index in [1.807, 2.05) is 7.05 Å². The number of nitrogens with one attached hydrogen (secondary N) is 1. The first-order valence-electron chi connectivity index (χ1n) is 5.44. The number of halogens is 1. The molecule has 92 valence electrons. The van der Waals surface area contributed by atoms with Crippen LogP contribution in [0.2, 0.25) is 5.15 Å². The number of likely N-dealkylation sites (N-methyl/N-ethyl adjacent to an activating group) is 1. The summed E-state index contributed by atoms with van der Waals surface area (Å²) in [6.07, 6.45) is 0. The Hall–Kier alpha value is -1.33. The molecule has 1 aromatic heterocycles. The molecule has 1 amide bonds. The van der Waals surface area contributed by atoms with Crippen LogP contribution < -0.4 is 5.56 Å². The average Bonchev–Trinajstić information content (AvgIpc) is 2.29. The van der Waals surface area contributed by atoms with Crippen LogP contribution in [-0.2, 0) is 0 Å². The van der Waals surface area contributed by atoms with Crippen molar-refractivity contribution in [3.8, 4) is 0 Å². The second kappa shape index (κ2) is 4.89. The predicted octanol–water partition coefficient (Wildman–Crippen LogP) is 0.416. The second-order valence-electron chi connectivity index (χ2n) is 4.14. The fraction of sp³-hybridized carbons (Fsp3) is 0.455. The molecular formula is C11H14ClN3O2. The van der Waals surface area contributed by atoms with Gasteiger partial charge in [-0.1, -0.05) is 11.6 Å². The Bertz CT molecular complexity index is 478. The van der Waals surface area contributed by atoms with Gasteiger partial charge in [-0.3, -0.25) is 9.59 Å². The number of aromatic amines is 1. The summed E-state index contributed by atoms with van der Waals surface area (Å²) in [6.45, 7) is 2.96. The molecule has 0 atom stereocenters. The zero-order valence-electron chi connectivity index (χ0n) is 9.57. The van der Waals surface area contributed by atoms with E-state index in [1.165, 1.54) is 12.1 Å². The Balaban J connectivity index is 2.17. The van der Waals surface area contributed by atoms with Gasteiger partial charge in [0.05, 0.1) is 0 Å². The van der Waals surface area contributed by atoms with E-state index in [2.05, 4.69) is 9.88 Å². The summed E-state index contributed by atoms with van der Waals surface area (Å²) < 4.78 is 0. The molecule has 0 aromatic carbocycles. The van der Waals surface area contributed by atoms with Crippen LogP contribution in [0.4, 0.5) is 0 Å². The first kappa shape index (κ1) is 12.1. The average molecular weight is 256 g/mol. The number of piperazine rings is 1. The maximum Gasteiger partial charge on any atom is 0.261 e. The number of rotatable bonds is 1. The van der Waals surface area contributed by atoms with Gasteiger partial charge in [-0.05, 0) is 19.2 Å². The maximum absolute atomic E-state index is 12.1. The first-order valence-corrected chi connectivity index (χ1v) is 5.82. The van der Waals surface area contributed by atoms with Gasteiger partial charge in [0.25, 0.3) is 11.5 Å². The van der Waals surface area contributed by atoms with Gasteiger partial charge in [0.2, 0.25) is 0 Å². The van der Waals surface area contributed by atoms with Gasteiger partial charge in [0.1, 0.15) is 10.7 Å². The third kappa shape index (κ3) is 2.68. The maximum atomic E-state index is 12.1. The van der Waals surface area contributed by atoms with E-state index in [0.717, 1.165) is 13.1 Å². The summed E-state index contributed by atoms with van der Waals surface area (Å²) in [6, 6.07) is 2.99. The largest absolute Gasteiger partial charge is 0.336 e. The molecule has 1 saturated heterocycles. The zero-order chi connectivity index (χ0) is 12.4. The van der Waals surface area contributed by atoms with E-state index >= 15 is 0 Å². The van der Waals surface area contributed by atoms with Crippen molar-refractivity contribution < 1.29 is 4.79 Å². The lowest BCUT2D eigenvalue weighted by Gasteiger charge is -2.32. The van der Waals surface area contributed by atoms with Crippen LogP contribution in [0.3, 0.4) is 0 Å². The van der Waals surface area contributed by atoms with E-state index in [4.69, 9.17) is 11.6 Å². The van der Waals surface area contributed by atoms with E-state index in [-0.39, 0.29) is 16.6 Å². The molecule has 0 bridgehead atoms. The van der Waals surface area contributed by atoms with E-state index in [0.29, 0.717) is 13.1 Å². The number of hydrogen-bond acceptors (Lipinski definition) is 3. The molecule has 1 aliphatic rings. The molecule has 0 saturated carbocycles. The van der Waals surface area contributed by atoms with Crippen LogP contribution >= 0.6 is 11.6 Å². The van der Waals surface area contributed by atoms with Crippen LogP contribution in [0.5, 0.6) is 0 Å². The number of carbonyl (C=O) groups is 1. The molecule has 6 heteroatoms. The van der Waals surface area contributed by atoms with Gasteiger partial charge in [-0.2, -0.15) is 0 Å². The van der Waals surface area contributed by atoms with Gasteiger partial charge in [-0.15, -0.1) is 0 Å². The highest BCUT2D eigenvalue weighted by Crippen LogP contribution is 2.06. The molecule has 1 aromatic rings. The van der Waals surface area contributed by atoms with Gasteiger partial charge >= 0.3 is 0 Å². The fourth-order valence-electron chi connectivity index (χ4n) is 1.80. The van der Waals surface area contributed by atoms with E-state index < -0.39 is 5.56 Å². The summed E-state index contributed by atoms with van der Waals surface area (Å²) in [5, 5.41) is 0.241. The SMILES string of the molecule is CN1CCN(C(=O)c2ccc(Cl)[nH]c2=O)CC1. The quantitative estimate of drug-likeness (QED) is 0.740. The highest BCUT2D eigenvalue weighted by atomic mass is 35.5. The van der Waals surface area contributed by atoms with Crippen molar-refractivity contribution in [3.05, 3.63) is 33.2 Å². The number of nitrogens with zero attached hydrogens (tertiary/aromatic N) is 2. The minimum atomic E-state index is -0.429. The van der Waals surface area contributed by atoms with Gasteiger partial charge in [-0.25, -0.2) is 0 Å². The standard InChI is InChI=1S/C11H14ClN3O2/c1-14-4-6-15(7-5-14)11(17)8-2-3-9(12)13-10(8)16/h2-3H,4-7H2,1H3,(H,13,16). The van der Waals surface area contributed by atoms with Crippen LogP contribution in [0, 0.1) is 0 Å². The number of H-pyrrole nitrogens is 1. The summed E-state index contributed by atoms with van der Waals surface area (Å²) in [4.78, 5) is 29.9. The molecule has 5 nitrogen and oxygen atoms in total. The number of aromatic nitrogens is 1. The topological polar surface area (TPSA) is 56.4 Å². The Kier molecular flexibility index (Phi) is 3.49. The van der Waals surface area contributed by atoms with Crippen molar-refractivity contribution in [3.63, 3.8) is 0 Å². The Morgan fingerprint density at radius 2 is 1.94 bits per heavy atom. The molecule has 1 fully saturated rings. The highest BCUT2D eigenvalue weighted by Gasteiger charge is 2.22. The van der Waals surface area contributed by atoms with Crippen molar-refractivity contribution >= 4 is 17.5 Å². The Morgan fingerprint density at radius 3 is 2.53 bits per heavy atom. The van der Waals surface area contributed by atoms with Gasteiger partial charge in [0.15, 0.2) is 0 Å². The lowest BCUT2D eigenvalue weighted by Crippen LogP contribution is -2.48. The minimum absolute atomic E-state index is 0.152. The van der Waals surface area contributed by atoms with Crippen molar-refractivity contribution in [1.29, 1.82) is 0 Å². The van der Waals surface area contributed by atoms with Crippen LogP contribution in [0.15, 0.2) is 16.9 Å². The summed E-state index contributed by atoms with van der Waals surface area (Å²) in [7, 11) is 2.01. The molecule has 2 rings (SSSR count). The molecule has 0 radical (unpaired) electrons. The molecule has 0 spiro atoms. The van der Waals surface area contributed by atoms with Gasteiger partial charge in [0, 0.05) is 26.2 Å². The highest BCUT2D eigenvalue weighted by molar-refractivity contribution is 6.29. The van der Waals surface area contributed by atoms with Crippen molar-refractivity contribution in [2.24, 2.45) is 0 Å². The predicted molar refractivity (Wildman–Crippen MR) is 65.5 cm³/mol. The van der Waals surface area contributed by atoms with Crippen LogP contribution in [-0.4, -0.2) is 53.9 Å². The second-order valence-corrected chi connectivity index (χ2v) is 4.55. The van der Waals surface area contributed by atoms with Gasteiger partial charge < -0.3 is 14.8 Å². The lowest BCUT2D eigenvalue weighted by molar-refractivity contribution is 0.0662.